The summed E-state index contributed by atoms with van der Waals surface area (Å²) in [4.78, 5) is 32.1. The van der Waals surface area contributed by atoms with Crippen molar-refractivity contribution in [1.82, 2.24) is 9.97 Å². The van der Waals surface area contributed by atoms with E-state index in [9.17, 15) is 23.1 Å². The maximum atomic E-state index is 13.4. The Hall–Kier alpha value is -5.08. The number of halogens is 1. The fraction of sp³-hybridized carbons (Fsp3) is 0.200. The SMILES string of the molecule is COc1ccc(Cl)c(Oc2c(NS(=O)(=O)c3ccc(C(C)C)cn3)cc(C(=O)[O-])cc2OCCOC(=O)Nc2ccccn2)c1. The Morgan fingerprint density at radius 2 is 1.80 bits per heavy atom. The van der Waals surface area contributed by atoms with Gasteiger partial charge in [-0.25, -0.2) is 14.8 Å². The van der Waals surface area contributed by atoms with Crippen LogP contribution in [0.2, 0.25) is 5.02 Å². The molecule has 0 aliphatic rings. The van der Waals surface area contributed by atoms with Crippen molar-refractivity contribution in [2.45, 2.75) is 24.8 Å². The van der Waals surface area contributed by atoms with Crippen molar-refractivity contribution in [3.63, 3.8) is 0 Å². The zero-order valence-electron chi connectivity index (χ0n) is 24.3. The molecule has 4 aromatic rings. The van der Waals surface area contributed by atoms with Gasteiger partial charge in [0.25, 0.3) is 10.0 Å². The molecule has 2 aromatic carbocycles. The van der Waals surface area contributed by atoms with Crippen LogP contribution in [0.25, 0.3) is 0 Å². The molecule has 13 nitrogen and oxygen atoms in total. The second-order valence-electron chi connectivity index (χ2n) is 9.55. The van der Waals surface area contributed by atoms with Crippen molar-refractivity contribution in [3.05, 3.63) is 89.2 Å². The largest absolute Gasteiger partial charge is 0.545 e. The number of nitrogens with one attached hydrogen (secondary N) is 2. The number of hydrogen-bond acceptors (Lipinski definition) is 11. The number of aromatic nitrogens is 2. The number of rotatable bonds is 13. The minimum Gasteiger partial charge on any atom is -0.545 e. The third kappa shape index (κ3) is 8.74. The highest BCUT2D eigenvalue weighted by Crippen LogP contribution is 2.43. The van der Waals surface area contributed by atoms with E-state index in [1.807, 2.05) is 13.8 Å². The van der Waals surface area contributed by atoms with E-state index in [1.165, 1.54) is 37.7 Å². The monoisotopic (exact) mass is 655 g/mol. The van der Waals surface area contributed by atoms with Gasteiger partial charge < -0.3 is 28.8 Å². The van der Waals surface area contributed by atoms with Crippen LogP contribution in [0.1, 0.15) is 35.7 Å². The van der Waals surface area contributed by atoms with Crippen LogP contribution < -0.4 is 29.4 Å². The fourth-order valence-electron chi connectivity index (χ4n) is 3.76. The fourth-order valence-corrected chi connectivity index (χ4v) is 4.90. The molecule has 0 unspecified atom stereocenters. The van der Waals surface area contributed by atoms with Crippen LogP contribution in [-0.2, 0) is 14.8 Å². The Morgan fingerprint density at radius 1 is 1.00 bits per heavy atom. The number of nitrogens with zero attached hydrogens (tertiary/aromatic N) is 2. The summed E-state index contributed by atoms with van der Waals surface area (Å²) in [5, 5.41) is 14.2. The van der Waals surface area contributed by atoms with Crippen LogP contribution in [0.4, 0.5) is 16.3 Å². The molecule has 0 radical (unpaired) electrons. The first-order chi connectivity index (χ1) is 21.5. The number of anilines is 2. The van der Waals surface area contributed by atoms with Crippen LogP contribution in [-0.4, -0.2) is 50.8 Å². The van der Waals surface area contributed by atoms with Crippen molar-refractivity contribution in [2.75, 3.05) is 30.4 Å². The first kappa shape index (κ1) is 32.8. The number of aromatic carboxylic acids is 1. The van der Waals surface area contributed by atoms with Crippen molar-refractivity contribution in [3.8, 4) is 23.0 Å². The van der Waals surface area contributed by atoms with Crippen LogP contribution in [0.5, 0.6) is 23.0 Å². The smallest absolute Gasteiger partial charge is 0.412 e. The van der Waals surface area contributed by atoms with Crippen molar-refractivity contribution in [1.29, 1.82) is 0 Å². The van der Waals surface area contributed by atoms with Crippen LogP contribution in [0, 0.1) is 0 Å². The third-order valence-corrected chi connectivity index (χ3v) is 7.65. The van der Waals surface area contributed by atoms with Gasteiger partial charge in [-0.15, -0.1) is 0 Å². The molecule has 236 valence electrons. The standard InChI is InChI=1S/C30H29ClN4O9S/c1-18(2)19-7-10-27(33-17-19)45(39,40)35-23-14-20(29(36)37)15-25(28(23)44-24-16-21(41-3)8-9-22(24)31)42-12-13-43-30(38)34-26-6-4-5-11-32-26/h4-11,14-18,35H,12-13H2,1-3H3,(H,36,37)(H,32,34,38)/p-1. The third-order valence-electron chi connectivity index (χ3n) is 6.06. The average Bonchev–Trinajstić information content (AvgIpc) is 3.01. The quantitative estimate of drug-likeness (QED) is 0.188. The molecule has 2 N–H and O–H groups in total. The van der Waals surface area contributed by atoms with E-state index in [0.29, 0.717) is 5.75 Å². The van der Waals surface area contributed by atoms with E-state index < -0.39 is 27.6 Å². The molecule has 0 fully saturated rings. The van der Waals surface area contributed by atoms with Crippen LogP contribution >= 0.6 is 11.6 Å². The molecule has 4 rings (SSSR count). The first-order valence-electron chi connectivity index (χ1n) is 13.3. The first-order valence-corrected chi connectivity index (χ1v) is 15.2. The Kier molecular flexibility index (Phi) is 10.6. The van der Waals surface area contributed by atoms with E-state index in [-0.39, 0.29) is 57.9 Å². The Labute approximate surface area is 264 Å². The minimum atomic E-state index is -4.37. The van der Waals surface area contributed by atoms with Gasteiger partial charge in [0.05, 0.1) is 23.8 Å². The van der Waals surface area contributed by atoms with E-state index in [4.69, 9.17) is 30.5 Å². The van der Waals surface area contributed by atoms with Gasteiger partial charge in [0, 0.05) is 24.0 Å². The molecule has 0 spiro atoms. The molecule has 1 amide bonds. The molecule has 0 aliphatic carbocycles. The molecule has 0 bridgehead atoms. The Bertz CT molecular complexity index is 1770. The summed E-state index contributed by atoms with van der Waals surface area (Å²) in [6.45, 7) is 3.28. The van der Waals surface area contributed by atoms with E-state index in [1.54, 1.807) is 30.3 Å². The second kappa shape index (κ2) is 14.6. The number of carbonyl (C=O) groups is 2. The van der Waals surface area contributed by atoms with Gasteiger partial charge in [0.2, 0.25) is 0 Å². The summed E-state index contributed by atoms with van der Waals surface area (Å²) in [7, 11) is -2.94. The van der Waals surface area contributed by atoms with Gasteiger partial charge in [-0.05, 0) is 53.9 Å². The number of ether oxygens (including phenoxy) is 4. The van der Waals surface area contributed by atoms with E-state index in [2.05, 4.69) is 20.0 Å². The van der Waals surface area contributed by atoms with Gasteiger partial charge in [-0.3, -0.25) is 10.0 Å². The molecule has 0 aliphatic heterocycles. The van der Waals surface area contributed by atoms with Crippen LogP contribution in [0.3, 0.4) is 0 Å². The highest BCUT2D eigenvalue weighted by atomic mass is 35.5. The Balaban J connectivity index is 1.67. The molecule has 2 aromatic heterocycles. The highest BCUT2D eigenvalue weighted by molar-refractivity contribution is 7.92. The number of carbonyl (C=O) groups excluding carboxylic acids is 2. The maximum absolute atomic E-state index is 13.4. The molecular formula is C30H28ClN4O9S-. The van der Waals surface area contributed by atoms with E-state index in [0.717, 1.165) is 17.7 Å². The van der Waals surface area contributed by atoms with Crippen molar-refractivity contribution >= 4 is 45.2 Å². The number of carboxylic acids is 1. The average molecular weight is 656 g/mol. The number of pyridine rings is 2. The van der Waals surface area contributed by atoms with Gasteiger partial charge in [-0.1, -0.05) is 37.6 Å². The summed E-state index contributed by atoms with van der Waals surface area (Å²) in [6, 6.07) is 14.4. The van der Waals surface area contributed by atoms with Crippen molar-refractivity contribution in [2.24, 2.45) is 0 Å². The summed E-state index contributed by atoms with van der Waals surface area (Å²) < 4.78 is 51.2. The van der Waals surface area contributed by atoms with Crippen molar-refractivity contribution < 1.29 is 42.1 Å². The number of amides is 1. The number of hydrogen-bond donors (Lipinski definition) is 2. The molecular weight excluding hydrogens is 628 g/mol. The lowest BCUT2D eigenvalue weighted by molar-refractivity contribution is -0.255. The lowest BCUT2D eigenvalue weighted by atomic mass is 10.1. The lowest BCUT2D eigenvalue weighted by Crippen LogP contribution is -2.23. The predicted octanol–water partition coefficient (Wildman–Crippen LogP) is 4.85. The summed E-state index contributed by atoms with van der Waals surface area (Å²) in [5.41, 5.74) is 0.0501. The summed E-state index contributed by atoms with van der Waals surface area (Å²) in [5.74, 6) is -1.34. The summed E-state index contributed by atoms with van der Waals surface area (Å²) in [6.07, 6.45) is 2.11. The highest BCUT2D eigenvalue weighted by Gasteiger charge is 2.24. The number of sulfonamides is 1. The number of benzene rings is 2. The molecule has 2 heterocycles. The van der Waals surface area contributed by atoms with Gasteiger partial charge in [-0.2, -0.15) is 8.42 Å². The summed E-state index contributed by atoms with van der Waals surface area (Å²) >= 11 is 6.34. The normalized spacial score (nSPS) is 11.0. The van der Waals surface area contributed by atoms with Gasteiger partial charge in [0.15, 0.2) is 16.5 Å². The molecule has 45 heavy (non-hydrogen) atoms. The second-order valence-corrected chi connectivity index (χ2v) is 11.6. The molecule has 0 atom stereocenters. The number of carboxylic acid groups (broad SMARTS) is 1. The minimum absolute atomic E-state index is 0.0351. The predicted molar refractivity (Wildman–Crippen MR) is 163 cm³/mol. The molecule has 15 heteroatoms. The maximum Gasteiger partial charge on any atom is 0.412 e. The number of methoxy groups -OCH3 is 1. The van der Waals surface area contributed by atoms with Crippen LogP contribution in [0.15, 0.2) is 78.1 Å². The van der Waals surface area contributed by atoms with E-state index >= 15 is 0 Å². The molecule has 0 saturated carbocycles. The molecule has 0 saturated heterocycles. The van der Waals surface area contributed by atoms with Gasteiger partial charge in [0.1, 0.15) is 30.5 Å². The van der Waals surface area contributed by atoms with Gasteiger partial charge >= 0.3 is 6.09 Å². The zero-order chi connectivity index (χ0) is 32.6. The lowest BCUT2D eigenvalue weighted by Gasteiger charge is -2.20. The Morgan fingerprint density at radius 3 is 2.44 bits per heavy atom. The topological polar surface area (TPSA) is 178 Å². The zero-order valence-corrected chi connectivity index (χ0v) is 25.8.